The molecule has 0 bridgehead atoms. The molecule has 0 saturated heterocycles. The molecule has 2 aromatic rings. The highest BCUT2D eigenvalue weighted by Crippen LogP contribution is 2.18. The van der Waals surface area contributed by atoms with Crippen LogP contribution in [0.4, 0.5) is 5.69 Å². The number of hydrogen-bond acceptors (Lipinski definition) is 4. The van der Waals surface area contributed by atoms with Crippen molar-refractivity contribution in [3.8, 4) is 5.75 Å². The van der Waals surface area contributed by atoms with Crippen molar-refractivity contribution < 1.29 is 9.66 Å². The lowest BCUT2D eigenvalue weighted by Crippen LogP contribution is -2.39. The molecule has 0 aromatic heterocycles. The monoisotopic (exact) mass is 470 g/mol. The molecule has 0 spiro atoms. The van der Waals surface area contributed by atoms with Crippen LogP contribution in [0.1, 0.15) is 12.5 Å². The van der Waals surface area contributed by atoms with Crippen molar-refractivity contribution in [3.63, 3.8) is 0 Å². The maximum absolute atomic E-state index is 11.0. The van der Waals surface area contributed by atoms with Crippen LogP contribution in [0.15, 0.2) is 59.6 Å². The Bertz CT molecular complexity index is 711. The van der Waals surface area contributed by atoms with E-state index in [9.17, 15) is 10.1 Å². The maximum Gasteiger partial charge on any atom is 0.274 e. The van der Waals surface area contributed by atoms with Gasteiger partial charge in [-0.25, -0.2) is 4.99 Å². The highest BCUT2D eigenvalue weighted by Gasteiger charge is 2.11. The number of rotatable bonds is 8. The second-order valence-corrected chi connectivity index (χ2v) is 5.17. The van der Waals surface area contributed by atoms with E-state index in [1.165, 1.54) is 6.07 Å². The number of benzene rings is 2. The molecule has 0 heterocycles. The Balaban J connectivity index is 0.00000338. The highest BCUT2D eigenvalue weighted by atomic mass is 127. The minimum atomic E-state index is -0.390. The van der Waals surface area contributed by atoms with E-state index >= 15 is 0 Å². The van der Waals surface area contributed by atoms with Gasteiger partial charge in [-0.05, 0) is 19.1 Å². The molecule has 0 fully saturated rings. The van der Waals surface area contributed by atoms with Crippen molar-refractivity contribution in [1.29, 1.82) is 0 Å². The van der Waals surface area contributed by atoms with Gasteiger partial charge in [-0.1, -0.05) is 36.4 Å². The number of para-hydroxylation sites is 2. The average Bonchev–Trinajstić information content (AvgIpc) is 2.64. The first-order chi connectivity index (χ1) is 12.2. The molecule has 0 unspecified atom stereocenters. The number of hydrogen-bond donors (Lipinski definition) is 2. The highest BCUT2D eigenvalue weighted by molar-refractivity contribution is 14.0. The summed E-state index contributed by atoms with van der Waals surface area (Å²) in [6.07, 6.45) is 0. The van der Waals surface area contributed by atoms with Gasteiger partial charge >= 0.3 is 0 Å². The first kappa shape index (κ1) is 21.7. The molecule has 0 aliphatic rings. The molecular formula is C18H23IN4O3. The largest absolute Gasteiger partial charge is 0.492 e. The first-order valence-electron chi connectivity index (χ1n) is 8.13. The van der Waals surface area contributed by atoms with Crippen LogP contribution in [0.2, 0.25) is 0 Å². The summed E-state index contributed by atoms with van der Waals surface area (Å²) in [5, 5.41) is 17.3. The van der Waals surface area contributed by atoms with Crippen LogP contribution in [-0.2, 0) is 6.54 Å². The van der Waals surface area contributed by atoms with Crippen LogP contribution in [-0.4, -0.2) is 30.6 Å². The first-order valence-corrected chi connectivity index (χ1v) is 8.13. The minimum absolute atomic E-state index is 0. The summed E-state index contributed by atoms with van der Waals surface area (Å²) in [5.74, 6) is 1.41. The van der Waals surface area contributed by atoms with E-state index < -0.39 is 0 Å². The van der Waals surface area contributed by atoms with Crippen LogP contribution >= 0.6 is 24.0 Å². The quantitative estimate of drug-likeness (QED) is 0.154. The van der Waals surface area contributed by atoms with Crippen molar-refractivity contribution in [3.05, 3.63) is 70.3 Å². The van der Waals surface area contributed by atoms with Gasteiger partial charge in [-0.2, -0.15) is 0 Å². The van der Waals surface area contributed by atoms with Gasteiger partial charge < -0.3 is 15.4 Å². The fourth-order valence-corrected chi connectivity index (χ4v) is 2.18. The standard InChI is InChI=1S/C18H22N4O3.HI/c1-2-19-18(20-12-13-25-16-9-4-3-5-10-16)21-14-15-8-6-7-11-17(15)22(23)24;/h3-11H,2,12-14H2,1H3,(H2,19,20,21);1H. The summed E-state index contributed by atoms with van der Waals surface area (Å²) in [5.41, 5.74) is 0.653. The Hall–Kier alpha value is -2.36. The zero-order valence-electron chi connectivity index (χ0n) is 14.6. The van der Waals surface area contributed by atoms with E-state index in [4.69, 9.17) is 4.74 Å². The van der Waals surface area contributed by atoms with Crippen molar-refractivity contribution in [1.82, 2.24) is 10.6 Å². The molecule has 0 saturated carbocycles. The number of halogens is 1. The summed E-state index contributed by atoms with van der Waals surface area (Å²) in [4.78, 5) is 15.1. The number of guanidine groups is 1. The van der Waals surface area contributed by atoms with Crippen LogP contribution in [0, 0.1) is 10.1 Å². The third kappa shape index (κ3) is 7.26. The van der Waals surface area contributed by atoms with Crippen LogP contribution < -0.4 is 15.4 Å². The van der Waals surface area contributed by atoms with Crippen LogP contribution in [0.25, 0.3) is 0 Å². The molecule has 7 nitrogen and oxygen atoms in total. The lowest BCUT2D eigenvalue weighted by atomic mass is 10.2. The number of nitrogens with zero attached hydrogens (tertiary/aromatic N) is 2. The number of nitrogens with one attached hydrogen (secondary N) is 2. The topological polar surface area (TPSA) is 88.8 Å². The number of nitro benzene ring substituents is 1. The Morgan fingerprint density at radius 2 is 1.81 bits per heavy atom. The Morgan fingerprint density at radius 3 is 2.50 bits per heavy atom. The van der Waals surface area contributed by atoms with Gasteiger partial charge in [0, 0.05) is 12.6 Å². The van der Waals surface area contributed by atoms with Gasteiger partial charge in [0.1, 0.15) is 12.4 Å². The summed E-state index contributed by atoms with van der Waals surface area (Å²) < 4.78 is 5.61. The van der Waals surface area contributed by atoms with E-state index in [2.05, 4.69) is 15.6 Å². The van der Waals surface area contributed by atoms with Gasteiger partial charge in [-0.15, -0.1) is 24.0 Å². The van der Waals surface area contributed by atoms with E-state index in [-0.39, 0.29) is 41.1 Å². The molecule has 2 rings (SSSR count). The Kier molecular flexibility index (Phi) is 10.1. The molecule has 26 heavy (non-hydrogen) atoms. The van der Waals surface area contributed by atoms with Gasteiger partial charge in [0.05, 0.1) is 23.6 Å². The van der Waals surface area contributed by atoms with Gasteiger partial charge in [-0.3, -0.25) is 10.1 Å². The fraction of sp³-hybridized carbons (Fsp3) is 0.278. The van der Waals surface area contributed by atoms with E-state index in [0.29, 0.717) is 31.2 Å². The molecule has 0 aliphatic heterocycles. The molecule has 2 N–H and O–H groups in total. The maximum atomic E-state index is 11.0. The van der Waals surface area contributed by atoms with E-state index in [0.717, 1.165) is 5.75 Å². The average molecular weight is 470 g/mol. The SMILES string of the molecule is CCNC(=NCc1ccccc1[N+](=O)[O-])NCCOc1ccccc1.I. The summed E-state index contributed by atoms with van der Waals surface area (Å²) >= 11 is 0. The second-order valence-electron chi connectivity index (χ2n) is 5.17. The molecule has 0 amide bonds. The lowest BCUT2D eigenvalue weighted by Gasteiger charge is -2.12. The molecular weight excluding hydrogens is 447 g/mol. The smallest absolute Gasteiger partial charge is 0.274 e. The van der Waals surface area contributed by atoms with Gasteiger partial charge in [0.25, 0.3) is 5.69 Å². The van der Waals surface area contributed by atoms with E-state index in [1.807, 2.05) is 37.3 Å². The van der Waals surface area contributed by atoms with Crippen molar-refractivity contribution in [2.24, 2.45) is 4.99 Å². The lowest BCUT2D eigenvalue weighted by molar-refractivity contribution is -0.385. The minimum Gasteiger partial charge on any atom is -0.492 e. The van der Waals surface area contributed by atoms with Gasteiger partial charge in [0.2, 0.25) is 0 Å². The predicted octanol–water partition coefficient (Wildman–Crippen LogP) is 3.35. The molecule has 2 aromatic carbocycles. The van der Waals surface area contributed by atoms with Crippen molar-refractivity contribution >= 4 is 35.6 Å². The zero-order valence-corrected chi connectivity index (χ0v) is 16.9. The van der Waals surface area contributed by atoms with Crippen molar-refractivity contribution in [2.45, 2.75) is 13.5 Å². The fourth-order valence-electron chi connectivity index (χ4n) is 2.18. The van der Waals surface area contributed by atoms with Crippen molar-refractivity contribution in [2.75, 3.05) is 19.7 Å². The third-order valence-electron chi connectivity index (χ3n) is 3.35. The van der Waals surface area contributed by atoms with Crippen LogP contribution in [0.3, 0.4) is 0 Å². The van der Waals surface area contributed by atoms with E-state index in [1.54, 1.807) is 18.2 Å². The number of nitro groups is 1. The number of aliphatic imine (C=N–C) groups is 1. The predicted molar refractivity (Wildman–Crippen MR) is 113 cm³/mol. The number of ether oxygens (including phenoxy) is 1. The summed E-state index contributed by atoms with van der Waals surface area (Å²) in [6.45, 7) is 3.94. The molecule has 0 atom stereocenters. The molecule has 8 heteroatoms. The molecule has 0 aliphatic carbocycles. The summed E-state index contributed by atoms with van der Waals surface area (Å²) in [7, 11) is 0. The third-order valence-corrected chi connectivity index (χ3v) is 3.35. The van der Waals surface area contributed by atoms with Gasteiger partial charge in [0.15, 0.2) is 5.96 Å². The molecule has 140 valence electrons. The second kappa shape index (κ2) is 12.1. The zero-order chi connectivity index (χ0) is 17.9. The Morgan fingerprint density at radius 1 is 1.12 bits per heavy atom. The molecule has 0 radical (unpaired) electrons. The normalized spacial score (nSPS) is 10.6. The summed E-state index contributed by atoms with van der Waals surface area (Å²) in [6, 6.07) is 16.2. The Labute approximate surface area is 170 Å². The van der Waals surface area contributed by atoms with Crippen LogP contribution in [0.5, 0.6) is 5.75 Å².